The number of esters is 1. The summed E-state index contributed by atoms with van der Waals surface area (Å²) in [6, 6.07) is 13.3. The molecule has 0 radical (unpaired) electrons. The van der Waals surface area contributed by atoms with E-state index in [4.69, 9.17) is 32.4 Å². The summed E-state index contributed by atoms with van der Waals surface area (Å²) in [7, 11) is 1.27. The van der Waals surface area contributed by atoms with Crippen molar-refractivity contribution in [3.8, 4) is 0 Å². The first-order valence-electron chi connectivity index (χ1n) is 10.6. The molecule has 0 aliphatic rings. The van der Waals surface area contributed by atoms with Crippen molar-refractivity contribution in [1.82, 2.24) is 14.9 Å². The van der Waals surface area contributed by atoms with Crippen molar-refractivity contribution in [3.63, 3.8) is 0 Å². The van der Waals surface area contributed by atoms with Gasteiger partial charge in [-0.25, -0.2) is 14.6 Å². The highest BCUT2D eigenvalue weighted by Gasteiger charge is 2.16. The molecule has 180 valence electrons. The highest BCUT2D eigenvalue weighted by atomic mass is 35.5. The molecule has 1 amide bonds. The maximum atomic E-state index is 12.5. The predicted molar refractivity (Wildman–Crippen MR) is 133 cm³/mol. The van der Waals surface area contributed by atoms with Gasteiger partial charge in [0.05, 0.1) is 17.6 Å². The molecule has 2 heterocycles. The quantitative estimate of drug-likeness (QED) is 0.303. The number of alkyl carbamates (subject to hydrolysis) is 1. The summed E-state index contributed by atoms with van der Waals surface area (Å²) >= 11 is 12.5. The minimum Gasteiger partial charge on any atom is -0.456 e. The third-order valence-electron chi connectivity index (χ3n) is 5.11. The summed E-state index contributed by atoms with van der Waals surface area (Å²) in [5.41, 5.74) is 2.81. The van der Waals surface area contributed by atoms with E-state index in [2.05, 4.69) is 15.0 Å². The monoisotopic (exact) mass is 513 g/mol. The second-order valence-electron chi connectivity index (χ2n) is 7.46. The maximum Gasteiger partial charge on any atom is 0.407 e. The van der Waals surface area contributed by atoms with Gasteiger partial charge in [-0.05, 0) is 29.8 Å². The lowest BCUT2D eigenvalue weighted by atomic mass is 10.1. The Morgan fingerprint density at radius 2 is 1.97 bits per heavy atom. The van der Waals surface area contributed by atoms with Gasteiger partial charge in [-0.1, -0.05) is 53.5 Å². The Labute approximate surface area is 211 Å². The van der Waals surface area contributed by atoms with Crippen LogP contribution in [-0.2, 0) is 22.6 Å². The number of fused-ring (bicyclic) bond motifs is 1. The van der Waals surface area contributed by atoms with Gasteiger partial charge in [-0.2, -0.15) is 0 Å². The van der Waals surface area contributed by atoms with Crippen LogP contribution in [0.5, 0.6) is 0 Å². The molecule has 0 atom stereocenters. The predicted octanol–water partition coefficient (Wildman–Crippen LogP) is 5.71. The van der Waals surface area contributed by atoms with E-state index in [1.54, 1.807) is 6.08 Å². The van der Waals surface area contributed by atoms with Crippen molar-refractivity contribution in [3.05, 3.63) is 93.8 Å². The number of hydrogen-bond donors (Lipinski definition) is 1. The summed E-state index contributed by atoms with van der Waals surface area (Å²) in [6.07, 6.45) is 5.65. The molecule has 4 aromatic rings. The number of carbonyl (C=O) groups is 2. The van der Waals surface area contributed by atoms with E-state index in [1.165, 1.54) is 19.4 Å². The Bertz CT molecular complexity index is 1380. The first-order valence-corrected chi connectivity index (χ1v) is 11.3. The number of ether oxygens (including phenoxy) is 2. The molecular formula is C25H21Cl2N3O5. The smallest absolute Gasteiger partial charge is 0.407 e. The number of hydrogen-bond acceptors (Lipinski definition) is 6. The minimum absolute atomic E-state index is 0.0158. The SMILES string of the molecule is COC(=O)NC/C=C\c1nc(C(=O)OCc2cccc3c2c(Cl)cn3Cc2ccc(Cl)cc2)co1. The van der Waals surface area contributed by atoms with Crippen molar-refractivity contribution < 1.29 is 23.5 Å². The van der Waals surface area contributed by atoms with Crippen LogP contribution in [-0.4, -0.2) is 35.3 Å². The molecule has 0 aliphatic carbocycles. The fourth-order valence-electron chi connectivity index (χ4n) is 3.46. The molecule has 4 rings (SSSR count). The Morgan fingerprint density at radius 1 is 1.17 bits per heavy atom. The first-order chi connectivity index (χ1) is 16.9. The van der Waals surface area contributed by atoms with Gasteiger partial charge in [-0.3, -0.25) is 0 Å². The lowest BCUT2D eigenvalue weighted by Gasteiger charge is -2.08. The molecular weight excluding hydrogens is 493 g/mol. The normalized spacial score (nSPS) is 11.2. The van der Waals surface area contributed by atoms with Gasteiger partial charge in [0.25, 0.3) is 0 Å². The van der Waals surface area contributed by atoms with Gasteiger partial charge in [-0.15, -0.1) is 0 Å². The Kier molecular flexibility index (Phi) is 7.74. The minimum atomic E-state index is -0.630. The van der Waals surface area contributed by atoms with E-state index in [9.17, 15) is 9.59 Å². The van der Waals surface area contributed by atoms with E-state index in [0.717, 1.165) is 22.0 Å². The number of amides is 1. The summed E-state index contributed by atoms with van der Waals surface area (Å²) in [4.78, 5) is 27.6. The van der Waals surface area contributed by atoms with Gasteiger partial charge in [0.15, 0.2) is 5.69 Å². The molecule has 0 spiro atoms. The molecule has 0 unspecified atom stereocenters. The average molecular weight is 514 g/mol. The van der Waals surface area contributed by atoms with Crippen LogP contribution in [0.25, 0.3) is 17.0 Å². The number of methoxy groups -OCH3 is 1. The fourth-order valence-corrected chi connectivity index (χ4v) is 3.92. The molecule has 0 saturated heterocycles. The van der Waals surface area contributed by atoms with Gasteiger partial charge in [0.1, 0.15) is 12.9 Å². The molecule has 0 bridgehead atoms. The largest absolute Gasteiger partial charge is 0.456 e. The second-order valence-corrected chi connectivity index (χ2v) is 8.31. The van der Waals surface area contributed by atoms with E-state index in [1.807, 2.05) is 53.2 Å². The number of benzene rings is 2. The van der Waals surface area contributed by atoms with E-state index < -0.39 is 12.1 Å². The topological polar surface area (TPSA) is 95.6 Å². The number of oxazole rings is 1. The average Bonchev–Trinajstić information content (AvgIpc) is 3.46. The van der Waals surface area contributed by atoms with E-state index in [-0.39, 0.29) is 24.7 Å². The van der Waals surface area contributed by atoms with Crippen molar-refractivity contribution in [2.24, 2.45) is 0 Å². The van der Waals surface area contributed by atoms with Crippen LogP contribution in [0.4, 0.5) is 4.79 Å². The van der Waals surface area contributed by atoms with Crippen LogP contribution in [0, 0.1) is 0 Å². The fraction of sp³-hybridized carbons (Fsp3) is 0.160. The molecule has 10 heteroatoms. The zero-order valence-electron chi connectivity index (χ0n) is 18.7. The lowest BCUT2D eigenvalue weighted by molar-refractivity contribution is 0.0467. The van der Waals surface area contributed by atoms with Crippen LogP contribution in [0.15, 0.2) is 65.4 Å². The van der Waals surface area contributed by atoms with Gasteiger partial charge in [0, 0.05) is 35.3 Å². The lowest BCUT2D eigenvalue weighted by Crippen LogP contribution is -2.22. The van der Waals surface area contributed by atoms with Crippen LogP contribution >= 0.6 is 23.2 Å². The summed E-state index contributed by atoms with van der Waals surface area (Å²) in [6.45, 7) is 0.854. The first kappa shape index (κ1) is 24.4. The van der Waals surface area contributed by atoms with Crippen LogP contribution < -0.4 is 5.32 Å². The Morgan fingerprint density at radius 3 is 2.74 bits per heavy atom. The number of nitrogens with one attached hydrogen (secondary N) is 1. The molecule has 2 aromatic carbocycles. The molecule has 0 fully saturated rings. The van der Waals surface area contributed by atoms with Crippen LogP contribution in [0.2, 0.25) is 10.0 Å². The summed E-state index contributed by atoms with van der Waals surface area (Å²) < 4.78 is 17.2. The van der Waals surface area contributed by atoms with Crippen molar-refractivity contribution in [1.29, 1.82) is 0 Å². The highest BCUT2D eigenvalue weighted by molar-refractivity contribution is 6.36. The summed E-state index contributed by atoms with van der Waals surface area (Å²) in [5.74, 6) is -0.428. The zero-order valence-corrected chi connectivity index (χ0v) is 20.2. The molecule has 0 aliphatic heterocycles. The zero-order chi connectivity index (χ0) is 24.8. The summed E-state index contributed by atoms with van der Waals surface area (Å²) in [5, 5.41) is 4.54. The molecule has 2 aromatic heterocycles. The van der Waals surface area contributed by atoms with E-state index >= 15 is 0 Å². The number of aromatic nitrogens is 2. The third-order valence-corrected chi connectivity index (χ3v) is 5.65. The molecule has 8 nitrogen and oxygen atoms in total. The number of halogens is 2. The maximum absolute atomic E-state index is 12.5. The molecule has 1 N–H and O–H groups in total. The Hall–Kier alpha value is -3.75. The van der Waals surface area contributed by atoms with Gasteiger partial charge in [0.2, 0.25) is 5.89 Å². The molecule has 35 heavy (non-hydrogen) atoms. The van der Waals surface area contributed by atoms with Crippen molar-refractivity contribution in [2.45, 2.75) is 13.2 Å². The second kappa shape index (κ2) is 11.1. The third kappa shape index (κ3) is 6.03. The number of carbonyl (C=O) groups excluding carboxylic acids is 2. The standard InChI is InChI=1S/C25H21Cl2N3O5/c1-33-25(32)28-11-3-6-22-29-20(15-34-22)24(31)35-14-17-4-2-5-21-23(17)19(27)13-30(21)12-16-7-9-18(26)10-8-16/h2-10,13,15H,11-12,14H2,1H3,(H,28,32)/b6-3-. The van der Waals surface area contributed by atoms with Gasteiger partial charge < -0.3 is 23.8 Å². The van der Waals surface area contributed by atoms with E-state index in [0.29, 0.717) is 16.6 Å². The van der Waals surface area contributed by atoms with Crippen LogP contribution in [0.1, 0.15) is 27.5 Å². The van der Waals surface area contributed by atoms with Crippen LogP contribution in [0.3, 0.4) is 0 Å². The number of rotatable bonds is 8. The molecule has 0 saturated carbocycles. The Balaban J connectivity index is 1.42. The van der Waals surface area contributed by atoms with Crippen molar-refractivity contribution in [2.75, 3.05) is 13.7 Å². The highest BCUT2D eigenvalue weighted by Crippen LogP contribution is 2.30. The van der Waals surface area contributed by atoms with Crippen molar-refractivity contribution >= 4 is 52.2 Å². The van der Waals surface area contributed by atoms with Gasteiger partial charge >= 0.3 is 12.1 Å². The number of nitrogens with zero attached hydrogens (tertiary/aromatic N) is 2.